The predicted octanol–water partition coefficient (Wildman–Crippen LogP) is 2.40. The number of nitrogens with one attached hydrogen (secondary N) is 1. The van der Waals surface area contributed by atoms with Gasteiger partial charge in [0.2, 0.25) is 4.71 Å². The molecule has 2 aromatic rings. The molecule has 0 atom stereocenters. The molecule has 0 aliphatic heterocycles. The van der Waals surface area contributed by atoms with E-state index in [1.54, 1.807) is 0 Å². The molecule has 0 aliphatic rings. The topological polar surface area (TPSA) is 41.8 Å². The largest absolute Gasteiger partial charge is 0.351 e. The Labute approximate surface area is 74.0 Å². The lowest BCUT2D eigenvalue weighted by Gasteiger charge is -1.90. The molecule has 60 valence electrons. The number of benzene rings is 1. The Bertz CT molecular complexity index is 418. The summed E-state index contributed by atoms with van der Waals surface area (Å²) in [4.78, 5) is 0. The Balaban J connectivity index is 2.59. The molecule has 0 fully saturated rings. The second-order valence-corrected chi connectivity index (χ2v) is 2.68. The van der Waals surface area contributed by atoms with Crippen molar-refractivity contribution >= 4 is 12.2 Å². The number of nitrogens with zero attached hydrogens (tertiary/aromatic N) is 1. The van der Waals surface area contributed by atoms with E-state index in [0.717, 1.165) is 5.56 Å². The van der Waals surface area contributed by atoms with Crippen LogP contribution in [0.1, 0.15) is 0 Å². The molecule has 1 N–H and O–H groups in total. The van der Waals surface area contributed by atoms with Gasteiger partial charge < -0.3 is 4.52 Å². The summed E-state index contributed by atoms with van der Waals surface area (Å²) in [5, 5.41) is 6.26. The first-order valence-electron chi connectivity index (χ1n) is 3.47. The maximum absolute atomic E-state index is 4.91. The number of aromatic nitrogens is 2. The van der Waals surface area contributed by atoms with Crippen LogP contribution in [0.3, 0.4) is 0 Å². The molecule has 0 saturated heterocycles. The van der Waals surface area contributed by atoms with Crippen molar-refractivity contribution in [2.75, 3.05) is 0 Å². The van der Waals surface area contributed by atoms with Gasteiger partial charge in [0.25, 0.3) is 0 Å². The zero-order valence-electron chi connectivity index (χ0n) is 6.15. The summed E-state index contributed by atoms with van der Waals surface area (Å²) in [6, 6.07) is 9.66. The summed E-state index contributed by atoms with van der Waals surface area (Å²) >= 11 is 4.91. The fraction of sp³-hybridized carbons (Fsp3) is 0. The Morgan fingerprint density at radius 2 is 2.00 bits per heavy atom. The quantitative estimate of drug-likeness (QED) is 0.682. The van der Waals surface area contributed by atoms with Crippen LogP contribution in [0.2, 0.25) is 0 Å². The van der Waals surface area contributed by atoms with Crippen LogP contribution in [0.5, 0.6) is 0 Å². The third-order valence-corrected chi connectivity index (χ3v) is 1.81. The molecule has 4 heteroatoms. The molecule has 0 aliphatic carbocycles. The van der Waals surface area contributed by atoms with Crippen LogP contribution in [-0.4, -0.2) is 10.4 Å². The van der Waals surface area contributed by atoms with Crippen LogP contribution in [0.4, 0.5) is 0 Å². The van der Waals surface area contributed by atoms with E-state index < -0.39 is 0 Å². The summed E-state index contributed by atoms with van der Waals surface area (Å²) in [6.07, 6.45) is 0. The van der Waals surface area contributed by atoms with Gasteiger partial charge in [-0.05, 0) is 12.2 Å². The molecule has 0 saturated carbocycles. The van der Waals surface area contributed by atoms with Crippen molar-refractivity contribution in [2.24, 2.45) is 0 Å². The van der Waals surface area contributed by atoms with E-state index in [2.05, 4.69) is 10.4 Å². The molecule has 1 aromatic heterocycles. The first-order valence-corrected chi connectivity index (χ1v) is 3.88. The van der Waals surface area contributed by atoms with E-state index in [4.69, 9.17) is 16.7 Å². The molecular formula is C8H6N2OS. The minimum Gasteiger partial charge on any atom is -0.351 e. The van der Waals surface area contributed by atoms with E-state index in [-0.39, 0.29) is 0 Å². The molecule has 0 radical (unpaired) electrons. The zero-order valence-corrected chi connectivity index (χ0v) is 6.97. The summed E-state index contributed by atoms with van der Waals surface area (Å²) in [7, 11) is 0. The molecule has 1 aromatic carbocycles. The Morgan fingerprint density at radius 1 is 1.25 bits per heavy atom. The highest BCUT2D eigenvalue weighted by molar-refractivity contribution is 7.71. The summed E-state index contributed by atoms with van der Waals surface area (Å²) in [6.45, 7) is 0. The molecule has 2 rings (SSSR count). The minimum atomic E-state index is 0.390. The lowest BCUT2D eigenvalue weighted by molar-refractivity contribution is 0.383. The van der Waals surface area contributed by atoms with Gasteiger partial charge in [-0.1, -0.05) is 30.3 Å². The van der Waals surface area contributed by atoms with Crippen molar-refractivity contribution in [3.63, 3.8) is 0 Å². The van der Waals surface area contributed by atoms with Crippen molar-refractivity contribution in [3.8, 4) is 11.3 Å². The molecule has 1 heterocycles. The Hall–Kier alpha value is -1.42. The third kappa shape index (κ3) is 1.16. The van der Waals surface area contributed by atoms with Gasteiger partial charge in [-0.25, -0.2) is 0 Å². The van der Waals surface area contributed by atoms with E-state index in [1.807, 2.05) is 30.3 Å². The first kappa shape index (κ1) is 7.24. The summed E-state index contributed by atoms with van der Waals surface area (Å²) in [5.74, 6) is 0. The predicted molar refractivity (Wildman–Crippen MR) is 47.1 cm³/mol. The summed E-state index contributed by atoms with van der Waals surface area (Å²) < 4.78 is 5.19. The maximum Gasteiger partial charge on any atom is 0.248 e. The zero-order chi connectivity index (χ0) is 8.39. The smallest absolute Gasteiger partial charge is 0.248 e. The van der Waals surface area contributed by atoms with Crippen LogP contribution in [0.25, 0.3) is 11.3 Å². The number of H-pyrrole nitrogens is 1. The number of rotatable bonds is 1. The monoisotopic (exact) mass is 178 g/mol. The van der Waals surface area contributed by atoms with Gasteiger partial charge in [0.15, 0.2) is 5.69 Å². The Kier molecular flexibility index (Phi) is 1.75. The highest BCUT2D eigenvalue weighted by Gasteiger charge is 2.02. The lowest BCUT2D eigenvalue weighted by Crippen LogP contribution is -1.76. The van der Waals surface area contributed by atoms with E-state index >= 15 is 0 Å². The highest BCUT2D eigenvalue weighted by atomic mass is 32.1. The van der Waals surface area contributed by atoms with Crippen LogP contribution in [0, 0.1) is 4.71 Å². The van der Waals surface area contributed by atoms with Crippen molar-refractivity contribution in [1.29, 1.82) is 0 Å². The van der Waals surface area contributed by atoms with Crippen LogP contribution in [-0.2, 0) is 0 Å². The van der Waals surface area contributed by atoms with Gasteiger partial charge in [0, 0.05) is 5.56 Å². The SMILES string of the molecule is S=c1o[nH]nc1-c1ccccc1. The fourth-order valence-electron chi connectivity index (χ4n) is 0.982. The second-order valence-electron chi connectivity index (χ2n) is 2.31. The molecule has 3 nitrogen and oxygen atoms in total. The van der Waals surface area contributed by atoms with Crippen LogP contribution in [0.15, 0.2) is 34.9 Å². The molecule has 0 unspecified atom stereocenters. The van der Waals surface area contributed by atoms with Crippen molar-refractivity contribution < 1.29 is 4.52 Å². The second kappa shape index (κ2) is 2.91. The highest BCUT2D eigenvalue weighted by Crippen LogP contribution is 2.16. The molecule has 0 spiro atoms. The van der Waals surface area contributed by atoms with E-state index in [0.29, 0.717) is 10.4 Å². The molecular weight excluding hydrogens is 172 g/mol. The number of aromatic amines is 1. The lowest BCUT2D eigenvalue weighted by atomic mass is 10.2. The maximum atomic E-state index is 4.91. The molecule has 12 heavy (non-hydrogen) atoms. The molecule has 0 amide bonds. The van der Waals surface area contributed by atoms with Crippen molar-refractivity contribution in [1.82, 2.24) is 10.4 Å². The summed E-state index contributed by atoms with van der Waals surface area (Å²) in [5.41, 5.74) is 1.65. The number of hydrogen-bond donors (Lipinski definition) is 1. The van der Waals surface area contributed by atoms with Crippen molar-refractivity contribution in [2.45, 2.75) is 0 Å². The van der Waals surface area contributed by atoms with Gasteiger partial charge in [0.1, 0.15) is 0 Å². The van der Waals surface area contributed by atoms with Gasteiger partial charge in [-0.3, -0.25) is 0 Å². The van der Waals surface area contributed by atoms with Gasteiger partial charge in [0.05, 0.1) is 0 Å². The molecule has 0 bridgehead atoms. The van der Waals surface area contributed by atoms with E-state index in [9.17, 15) is 0 Å². The average Bonchev–Trinajstić information content (AvgIpc) is 2.53. The van der Waals surface area contributed by atoms with Gasteiger partial charge in [-0.2, -0.15) is 0 Å². The Morgan fingerprint density at radius 3 is 2.58 bits per heavy atom. The standard InChI is InChI=1S/C8H6N2OS/c12-8-7(9-10-11-8)6-4-2-1-3-5-6/h1-5,10H. The van der Waals surface area contributed by atoms with Crippen molar-refractivity contribution in [3.05, 3.63) is 35.0 Å². The number of hydrogen-bond acceptors (Lipinski definition) is 3. The fourth-order valence-corrected chi connectivity index (χ4v) is 1.18. The normalized spacial score (nSPS) is 10.0. The minimum absolute atomic E-state index is 0.390. The van der Waals surface area contributed by atoms with Crippen LogP contribution < -0.4 is 0 Å². The first-order chi connectivity index (χ1) is 5.88. The third-order valence-electron chi connectivity index (χ3n) is 1.54. The average molecular weight is 178 g/mol. The van der Waals surface area contributed by atoms with Crippen LogP contribution >= 0.6 is 12.2 Å². The van der Waals surface area contributed by atoms with E-state index in [1.165, 1.54) is 0 Å². The van der Waals surface area contributed by atoms with Gasteiger partial charge in [-0.15, -0.1) is 10.4 Å². The van der Waals surface area contributed by atoms with Gasteiger partial charge >= 0.3 is 0 Å².